The van der Waals surface area contributed by atoms with Crippen molar-refractivity contribution in [2.24, 2.45) is 5.92 Å². The molecule has 1 heterocycles. The van der Waals surface area contributed by atoms with E-state index in [0.29, 0.717) is 0 Å². The second-order valence-electron chi connectivity index (χ2n) is 2.82. The quantitative estimate of drug-likeness (QED) is 0.572. The van der Waals surface area contributed by atoms with E-state index >= 15 is 0 Å². The molecule has 1 radical (unpaired) electrons. The lowest BCUT2D eigenvalue weighted by molar-refractivity contribution is -0.0964. The van der Waals surface area contributed by atoms with Crippen LogP contribution in [0.5, 0.6) is 0 Å². The SMILES string of the molecule is CC(F)(F)C1CN(C([O])=O)C1. The highest BCUT2D eigenvalue weighted by molar-refractivity contribution is 5.65. The Labute approximate surface area is 62.6 Å². The summed E-state index contributed by atoms with van der Waals surface area (Å²) in [4.78, 5) is 10.9. The fraction of sp³-hybridized carbons (Fsp3) is 0.833. The van der Waals surface area contributed by atoms with E-state index in [-0.39, 0.29) is 13.1 Å². The highest BCUT2D eigenvalue weighted by Crippen LogP contribution is 2.31. The molecule has 63 valence electrons. The Kier molecular flexibility index (Phi) is 1.74. The van der Waals surface area contributed by atoms with Gasteiger partial charge in [-0.25, -0.2) is 18.7 Å². The van der Waals surface area contributed by atoms with Crippen LogP contribution in [0.4, 0.5) is 13.6 Å². The highest BCUT2D eigenvalue weighted by Gasteiger charge is 2.44. The lowest BCUT2D eigenvalue weighted by Gasteiger charge is -2.39. The summed E-state index contributed by atoms with van der Waals surface area (Å²) in [6, 6.07) is 0. The number of nitrogens with zero attached hydrogens (tertiary/aromatic N) is 1. The second-order valence-corrected chi connectivity index (χ2v) is 2.82. The summed E-state index contributed by atoms with van der Waals surface area (Å²) in [5.41, 5.74) is 0. The summed E-state index contributed by atoms with van der Waals surface area (Å²) < 4.78 is 24.7. The average Bonchev–Trinajstić information content (AvgIpc) is 1.51. The van der Waals surface area contributed by atoms with Gasteiger partial charge in [0.25, 0.3) is 5.92 Å². The van der Waals surface area contributed by atoms with E-state index in [9.17, 15) is 18.7 Å². The van der Waals surface area contributed by atoms with Gasteiger partial charge in [0.1, 0.15) is 0 Å². The molecule has 0 saturated carbocycles. The van der Waals surface area contributed by atoms with E-state index in [1.165, 1.54) is 0 Å². The van der Waals surface area contributed by atoms with Gasteiger partial charge in [-0.2, -0.15) is 0 Å². The number of rotatable bonds is 1. The normalized spacial score (nSPS) is 19.7. The number of halogens is 2. The molecule has 5 heteroatoms. The monoisotopic (exact) mass is 164 g/mol. The number of likely N-dealkylation sites (tertiary alicyclic amines) is 1. The number of amides is 1. The fourth-order valence-electron chi connectivity index (χ4n) is 0.948. The van der Waals surface area contributed by atoms with Gasteiger partial charge in [0.2, 0.25) is 0 Å². The molecule has 3 nitrogen and oxygen atoms in total. The number of carbonyl (C=O) groups is 1. The Hall–Kier alpha value is -0.870. The first kappa shape index (κ1) is 8.23. The molecule has 1 fully saturated rings. The average molecular weight is 164 g/mol. The van der Waals surface area contributed by atoms with Crippen LogP contribution in [0.1, 0.15) is 6.92 Å². The van der Waals surface area contributed by atoms with Crippen molar-refractivity contribution in [2.45, 2.75) is 12.8 Å². The molecule has 0 bridgehead atoms. The van der Waals surface area contributed by atoms with E-state index in [1.807, 2.05) is 0 Å². The molecule has 0 unspecified atom stereocenters. The van der Waals surface area contributed by atoms with E-state index in [0.717, 1.165) is 11.8 Å². The molecule has 1 aliphatic rings. The van der Waals surface area contributed by atoms with E-state index in [2.05, 4.69) is 0 Å². The minimum absolute atomic E-state index is 0.105. The van der Waals surface area contributed by atoms with Crippen LogP contribution in [0.25, 0.3) is 0 Å². The molecule has 1 rings (SSSR count). The lowest BCUT2D eigenvalue weighted by Crippen LogP contribution is -2.55. The molecule has 1 aliphatic heterocycles. The number of alkyl halides is 2. The van der Waals surface area contributed by atoms with Crippen molar-refractivity contribution in [3.8, 4) is 0 Å². The molecule has 0 aromatic carbocycles. The minimum Gasteiger partial charge on any atom is -0.304 e. The molecule has 1 saturated heterocycles. The standard InChI is InChI=1S/C6H8F2NO2/c1-6(7,8)4-2-9(3-4)5(10)11/h4H,2-3H2,1H3. The third-order valence-electron chi connectivity index (χ3n) is 1.86. The third-order valence-corrected chi connectivity index (χ3v) is 1.86. The first-order valence-electron chi connectivity index (χ1n) is 3.25. The van der Waals surface area contributed by atoms with Gasteiger partial charge >= 0.3 is 6.09 Å². The van der Waals surface area contributed by atoms with Crippen molar-refractivity contribution < 1.29 is 18.7 Å². The number of carbonyl (C=O) groups excluding carboxylic acids is 1. The minimum atomic E-state index is -2.77. The van der Waals surface area contributed by atoms with Gasteiger partial charge in [-0.05, 0) is 6.92 Å². The third kappa shape index (κ3) is 1.58. The maximum atomic E-state index is 12.4. The van der Waals surface area contributed by atoms with Gasteiger partial charge in [0.05, 0.1) is 5.92 Å². The zero-order valence-corrected chi connectivity index (χ0v) is 6.01. The maximum absolute atomic E-state index is 12.4. The summed E-state index contributed by atoms with van der Waals surface area (Å²) in [5, 5.41) is 10.0. The van der Waals surface area contributed by atoms with Gasteiger partial charge in [-0.1, -0.05) is 0 Å². The second kappa shape index (κ2) is 2.32. The number of hydrogen-bond acceptors (Lipinski definition) is 1. The Morgan fingerprint density at radius 1 is 1.55 bits per heavy atom. The first-order valence-corrected chi connectivity index (χ1v) is 3.25. The predicted molar refractivity (Wildman–Crippen MR) is 31.8 cm³/mol. The predicted octanol–water partition coefficient (Wildman–Crippen LogP) is 1.12. The van der Waals surface area contributed by atoms with Gasteiger partial charge in [0.15, 0.2) is 0 Å². The van der Waals surface area contributed by atoms with Gasteiger partial charge in [0, 0.05) is 13.1 Å². The zero-order chi connectivity index (χ0) is 8.65. The zero-order valence-electron chi connectivity index (χ0n) is 6.01. The smallest absolute Gasteiger partial charge is 0.304 e. The summed E-state index contributed by atoms with van der Waals surface area (Å²) in [6.07, 6.45) is -1.37. The van der Waals surface area contributed by atoms with E-state index in [4.69, 9.17) is 0 Å². The summed E-state index contributed by atoms with van der Waals surface area (Å²) >= 11 is 0. The van der Waals surface area contributed by atoms with Crippen molar-refractivity contribution in [1.82, 2.24) is 4.90 Å². The summed E-state index contributed by atoms with van der Waals surface area (Å²) in [5.74, 6) is -3.60. The Morgan fingerprint density at radius 3 is 2.27 bits per heavy atom. The Balaban J connectivity index is 2.35. The van der Waals surface area contributed by atoms with Crippen LogP contribution in [-0.4, -0.2) is 30.0 Å². The van der Waals surface area contributed by atoms with Crippen LogP contribution in [0.15, 0.2) is 0 Å². The first-order chi connectivity index (χ1) is 4.91. The lowest BCUT2D eigenvalue weighted by atomic mass is 9.94. The molecule has 0 N–H and O–H groups in total. The van der Waals surface area contributed by atoms with E-state index in [1.54, 1.807) is 0 Å². The van der Waals surface area contributed by atoms with Gasteiger partial charge < -0.3 is 4.90 Å². The van der Waals surface area contributed by atoms with Gasteiger partial charge in [-0.15, -0.1) is 0 Å². The van der Waals surface area contributed by atoms with Crippen LogP contribution in [-0.2, 0) is 5.11 Å². The largest absolute Gasteiger partial charge is 0.453 e. The molecule has 0 atom stereocenters. The Morgan fingerprint density at radius 2 is 2.00 bits per heavy atom. The Bertz CT molecular complexity index is 172. The van der Waals surface area contributed by atoms with Crippen molar-refractivity contribution in [1.29, 1.82) is 0 Å². The van der Waals surface area contributed by atoms with Crippen LogP contribution < -0.4 is 0 Å². The molecule has 0 aromatic heterocycles. The van der Waals surface area contributed by atoms with Crippen LogP contribution >= 0.6 is 0 Å². The topological polar surface area (TPSA) is 40.2 Å². The highest BCUT2D eigenvalue weighted by atomic mass is 19.3. The van der Waals surface area contributed by atoms with E-state index < -0.39 is 17.9 Å². The molecule has 1 amide bonds. The fourth-order valence-corrected chi connectivity index (χ4v) is 0.948. The summed E-state index contributed by atoms with van der Waals surface area (Å²) in [6.45, 7) is 0.585. The van der Waals surface area contributed by atoms with Crippen LogP contribution in [0.2, 0.25) is 0 Å². The molecule has 11 heavy (non-hydrogen) atoms. The molecular formula is C6H8F2NO2. The molecule has 0 aliphatic carbocycles. The van der Waals surface area contributed by atoms with Crippen LogP contribution in [0, 0.1) is 5.92 Å². The van der Waals surface area contributed by atoms with Crippen LogP contribution in [0.3, 0.4) is 0 Å². The summed E-state index contributed by atoms with van der Waals surface area (Å²) in [7, 11) is 0. The molecular weight excluding hydrogens is 156 g/mol. The molecule has 0 aromatic rings. The van der Waals surface area contributed by atoms with Crippen molar-refractivity contribution >= 4 is 6.09 Å². The van der Waals surface area contributed by atoms with Crippen molar-refractivity contribution in [3.63, 3.8) is 0 Å². The molecule has 0 spiro atoms. The van der Waals surface area contributed by atoms with Crippen molar-refractivity contribution in [2.75, 3.05) is 13.1 Å². The van der Waals surface area contributed by atoms with Gasteiger partial charge in [-0.3, -0.25) is 0 Å². The maximum Gasteiger partial charge on any atom is 0.453 e. The van der Waals surface area contributed by atoms with Crippen molar-refractivity contribution in [3.05, 3.63) is 0 Å². The number of hydrogen-bond donors (Lipinski definition) is 0.